The van der Waals surface area contributed by atoms with Crippen LogP contribution in [0.4, 0.5) is 0 Å². The molecule has 1 rings (SSSR count). The summed E-state index contributed by atoms with van der Waals surface area (Å²) in [5.41, 5.74) is 0.305. The van der Waals surface area contributed by atoms with Crippen molar-refractivity contribution in [3.8, 4) is 6.07 Å². The van der Waals surface area contributed by atoms with Crippen LogP contribution < -0.4 is 0 Å². The number of carbonyl (C=O) groups is 1. The van der Waals surface area contributed by atoms with Crippen molar-refractivity contribution < 1.29 is 9.90 Å². The maximum atomic E-state index is 11.3. The Morgan fingerprint density at radius 3 is 2.47 bits per heavy atom. The van der Waals surface area contributed by atoms with E-state index in [9.17, 15) is 9.90 Å². The number of rotatable bonds is 3. The Kier molecular flexibility index (Phi) is 3.64. The fraction of sp³-hybridized carbons (Fsp3) is 0.167. The first-order valence-corrected chi connectivity index (χ1v) is 4.62. The molecule has 0 saturated carbocycles. The summed E-state index contributed by atoms with van der Waals surface area (Å²) in [6.45, 7) is 1.65. The van der Waals surface area contributed by atoms with Gasteiger partial charge in [0, 0.05) is 12.0 Å². The van der Waals surface area contributed by atoms with Crippen LogP contribution in [0.5, 0.6) is 0 Å². The molecule has 1 aromatic rings. The number of allylic oxidation sites excluding steroid dienone is 1. The summed E-state index contributed by atoms with van der Waals surface area (Å²) >= 11 is 0. The van der Waals surface area contributed by atoms with Gasteiger partial charge in [0.2, 0.25) is 0 Å². The molecule has 0 saturated heterocycles. The molecule has 0 amide bonds. The van der Waals surface area contributed by atoms with Gasteiger partial charge in [0.1, 0.15) is 17.4 Å². The lowest BCUT2D eigenvalue weighted by atomic mass is 10.0. The first-order valence-electron chi connectivity index (χ1n) is 4.62. The summed E-state index contributed by atoms with van der Waals surface area (Å²) in [6.07, 6.45) is 0.208. The number of benzene rings is 1. The average molecular weight is 201 g/mol. The molecule has 1 N–H and O–H groups in total. The molecule has 0 radical (unpaired) electrons. The number of carbonyl (C=O) groups excluding carboxylic acids is 1. The number of Topliss-reactive ketones (excluding diaryl/α,β-unsaturated/α-hetero) is 1. The van der Waals surface area contributed by atoms with Gasteiger partial charge in [0.15, 0.2) is 5.78 Å². The molecule has 0 aliphatic heterocycles. The van der Waals surface area contributed by atoms with Crippen LogP contribution in [0.15, 0.2) is 35.9 Å². The van der Waals surface area contributed by atoms with E-state index in [0.29, 0.717) is 5.56 Å². The number of hydrogen-bond acceptors (Lipinski definition) is 3. The third kappa shape index (κ3) is 2.44. The van der Waals surface area contributed by atoms with Gasteiger partial charge in [-0.3, -0.25) is 4.79 Å². The van der Waals surface area contributed by atoms with E-state index in [1.807, 2.05) is 0 Å². The number of nitrogens with zero attached hydrogens (tertiary/aromatic N) is 1. The Bertz CT molecular complexity index is 427. The number of hydrogen-bond donors (Lipinski definition) is 1. The Labute approximate surface area is 88.3 Å². The molecule has 76 valence electrons. The lowest BCUT2D eigenvalue weighted by molar-refractivity contribution is -0.114. The van der Waals surface area contributed by atoms with Crippen LogP contribution in [0.3, 0.4) is 0 Å². The van der Waals surface area contributed by atoms with Gasteiger partial charge in [0.25, 0.3) is 0 Å². The van der Waals surface area contributed by atoms with Crippen LogP contribution >= 0.6 is 0 Å². The van der Waals surface area contributed by atoms with E-state index >= 15 is 0 Å². The molecule has 0 fully saturated rings. The van der Waals surface area contributed by atoms with Crippen LogP contribution in [0, 0.1) is 11.3 Å². The quantitative estimate of drug-likeness (QED) is 0.464. The molecule has 0 aliphatic carbocycles. The van der Waals surface area contributed by atoms with Crippen LogP contribution in [0.2, 0.25) is 0 Å². The molecular formula is C12H11NO2. The number of ketones is 1. The zero-order valence-electron chi connectivity index (χ0n) is 8.40. The highest BCUT2D eigenvalue weighted by atomic mass is 16.3. The lowest BCUT2D eigenvalue weighted by Gasteiger charge is -2.02. The Morgan fingerprint density at radius 1 is 1.40 bits per heavy atom. The molecule has 0 unspecified atom stereocenters. The van der Waals surface area contributed by atoms with E-state index in [2.05, 4.69) is 0 Å². The summed E-state index contributed by atoms with van der Waals surface area (Å²) in [7, 11) is 0. The van der Waals surface area contributed by atoms with Gasteiger partial charge in [-0.05, 0) is 0 Å². The Balaban J connectivity index is 3.20. The van der Waals surface area contributed by atoms with Crippen molar-refractivity contribution in [2.24, 2.45) is 0 Å². The number of nitriles is 1. The van der Waals surface area contributed by atoms with Gasteiger partial charge in [0.05, 0.1) is 0 Å². The van der Waals surface area contributed by atoms with Crippen molar-refractivity contribution in [3.63, 3.8) is 0 Å². The molecule has 3 nitrogen and oxygen atoms in total. The molecule has 3 heteroatoms. The molecule has 0 aliphatic rings. The third-order valence-electron chi connectivity index (χ3n) is 2.00. The average Bonchev–Trinajstić information content (AvgIpc) is 2.30. The van der Waals surface area contributed by atoms with Crippen LogP contribution in [0.1, 0.15) is 18.9 Å². The maximum absolute atomic E-state index is 11.3. The van der Waals surface area contributed by atoms with E-state index in [1.165, 1.54) is 0 Å². The monoisotopic (exact) mass is 201 g/mol. The summed E-state index contributed by atoms with van der Waals surface area (Å²) < 4.78 is 0. The van der Waals surface area contributed by atoms with Crippen LogP contribution in [-0.2, 0) is 4.79 Å². The minimum Gasteiger partial charge on any atom is -0.506 e. The van der Waals surface area contributed by atoms with Gasteiger partial charge in [-0.2, -0.15) is 5.26 Å². The zero-order valence-corrected chi connectivity index (χ0v) is 8.40. The van der Waals surface area contributed by atoms with Crippen LogP contribution in [-0.4, -0.2) is 10.9 Å². The maximum Gasteiger partial charge on any atom is 0.176 e. The molecule has 0 atom stereocenters. The molecule has 0 aromatic heterocycles. The Morgan fingerprint density at radius 2 is 2.00 bits per heavy atom. The highest BCUT2D eigenvalue weighted by Gasteiger charge is 2.13. The molecule has 0 heterocycles. The van der Waals surface area contributed by atoms with Crippen molar-refractivity contribution in [2.45, 2.75) is 13.3 Å². The number of aliphatic hydroxyl groups excluding tert-OH is 1. The second-order valence-electron chi connectivity index (χ2n) is 2.98. The summed E-state index contributed by atoms with van der Waals surface area (Å²) in [5, 5.41) is 18.5. The molecule has 0 spiro atoms. The summed E-state index contributed by atoms with van der Waals surface area (Å²) in [6, 6.07) is 10.3. The fourth-order valence-electron chi connectivity index (χ4n) is 1.16. The predicted molar refractivity (Wildman–Crippen MR) is 56.9 cm³/mol. The second kappa shape index (κ2) is 4.97. The van der Waals surface area contributed by atoms with E-state index < -0.39 is 0 Å². The number of aliphatic hydroxyl groups is 1. The van der Waals surface area contributed by atoms with Gasteiger partial charge < -0.3 is 5.11 Å². The standard InChI is InChI=1S/C12H11NO2/c1-2-11(14)10(8-13)12(15)9-6-4-3-5-7-9/h3-7,15H,2H2,1H3. The summed E-state index contributed by atoms with van der Waals surface area (Å²) in [4.78, 5) is 11.3. The van der Waals surface area contributed by atoms with Crippen molar-refractivity contribution in [2.75, 3.05) is 0 Å². The lowest BCUT2D eigenvalue weighted by Crippen LogP contribution is -2.02. The van der Waals surface area contributed by atoms with Gasteiger partial charge in [-0.1, -0.05) is 37.3 Å². The van der Waals surface area contributed by atoms with E-state index in [0.717, 1.165) is 0 Å². The minimum atomic E-state index is -0.348. The van der Waals surface area contributed by atoms with E-state index in [1.54, 1.807) is 43.3 Å². The predicted octanol–water partition coefficient (Wildman–Crippen LogP) is 2.46. The topological polar surface area (TPSA) is 61.1 Å². The normalized spacial score (nSPS) is 11.5. The largest absolute Gasteiger partial charge is 0.506 e. The van der Waals surface area contributed by atoms with E-state index in [4.69, 9.17) is 5.26 Å². The van der Waals surface area contributed by atoms with Gasteiger partial charge in [-0.25, -0.2) is 0 Å². The molecule has 1 aromatic carbocycles. The highest BCUT2D eigenvalue weighted by Crippen LogP contribution is 2.16. The van der Waals surface area contributed by atoms with Crippen molar-refractivity contribution in [1.29, 1.82) is 5.26 Å². The molecule has 0 bridgehead atoms. The highest BCUT2D eigenvalue weighted by molar-refractivity contribution is 6.04. The SMILES string of the molecule is CCC(=O)C(C#N)=C(O)c1ccccc1. The zero-order chi connectivity index (χ0) is 11.3. The fourth-order valence-corrected chi connectivity index (χ4v) is 1.16. The summed E-state index contributed by atoms with van der Waals surface area (Å²) in [5.74, 6) is -0.594. The smallest absolute Gasteiger partial charge is 0.176 e. The third-order valence-corrected chi connectivity index (χ3v) is 2.00. The Hall–Kier alpha value is -2.08. The van der Waals surface area contributed by atoms with Crippen molar-refractivity contribution >= 4 is 11.5 Å². The van der Waals surface area contributed by atoms with E-state index in [-0.39, 0.29) is 23.5 Å². The minimum absolute atomic E-state index is 0.177. The first kappa shape index (κ1) is 11.0. The first-order chi connectivity index (χ1) is 7.20. The van der Waals surface area contributed by atoms with Crippen molar-refractivity contribution in [3.05, 3.63) is 41.5 Å². The van der Waals surface area contributed by atoms with Gasteiger partial charge in [-0.15, -0.1) is 0 Å². The van der Waals surface area contributed by atoms with Crippen LogP contribution in [0.25, 0.3) is 5.76 Å². The van der Waals surface area contributed by atoms with Crippen molar-refractivity contribution in [1.82, 2.24) is 0 Å². The van der Waals surface area contributed by atoms with Gasteiger partial charge >= 0.3 is 0 Å². The molecular weight excluding hydrogens is 190 g/mol. The second-order valence-corrected chi connectivity index (χ2v) is 2.98. The molecule has 15 heavy (non-hydrogen) atoms.